The molecule has 116 valence electrons. The zero-order valence-electron chi connectivity index (χ0n) is 12.2. The number of carboxylic acids is 1. The molecule has 5 heteroatoms. The van der Waals surface area contributed by atoms with Crippen molar-refractivity contribution in [3.05, 3.63) is 33.8 Å². The van der Waals surface area contributed by atoms with Gasteiger partial charge in [-0.1, -0.05) is 41.8 Å². The van der Waals surface area contributed by atoms with Crippen molar-refractivity contribution in [3.8, 4) is 0 Å². The molecule has 0 amide bonds. The number of aliphatic hydroxyl groups excluding tert-OH is 1. The van der Waals surface area contributed by atoms with E-state index in [2.05, 4.69) is 28.2 Å². The molecule has 1 aromatic carbocycles. The van der Waals surface area contributed by atoms with E-state index in [0.29, 0.717) is 12.5 Å². The first-order chi connectivity index (χ1) is 9.96. The average Bonchev–Trinajstić information content (AvgIpc) is 2.46. The Morgan fingerprint density at radius 2 is 2.29 bits per heavy atom. The second kappa shape index (κ2) is 6.90. The Kier molecular flexibility index (Phi) is 5.41. The van der Waals surface area contributed by atoms with Crippen LogP contribution in [0.5, 0.6) is 0 Å². The summed E-state index contributed by atoms with van der Waals surface area (Å²) in [6.07, 6.45) is 4.32. The summed E-state index contributed by atoms with van der Waals surface area (Å²) >= 11 is 3.43. The van der Waals surface area contributed by atoms with E-state index in [1.807, 2.05) is 6.07 Å². The predicted molar refractivity (Wildman–Crippen MR) is 85.4 cm³/mol. The molecule has 1 aromatic rings. The lowest BCUT2D eigenvalue weighted by atomic mass is 9.77. The van der Waals surface area contributed by atoms with E-state index >= 15 is 0 Å². The fourth-order valence-electron chi connectivity index (χ4n) is 3.13. The van der Waals surface area contributed by atoms with Crippen molar-refractivity contribution in [1.29, 1.82) is 0 Å². The molecule has 0 radical (unpaired) electrons. The molecule has 3 N–H and O–H groups in total. The third kappa shape index (κ3) is 4.05. The van der Waals surface area contributed by atoms with Crippen LogP contribution in [0.25, 0.3) is 0 Å². The van der Waals surface area contributed by atoms with E-state index in [4.69, 9.17) is 5.11 Å². The Hall–Kier alpha value is -0.910. The van der Waals surface area contributed by atoms with Crippen LogP contribution in [0.3, 0.4) is 0 Å². The lowest BCUT2D eigenvalue weighted by Crippen LogP contribution is -2.51. The van der Waals surface area contributed by atoms with Crippen molar-refractivity contribution in [3.63, 3.8) is 0 Å². The smallest absolute Gasteiger partial charge is 0.335 e. The van der Waals surface area contributed by atoms with Crippen LogP contribution in [0.15, 0.2) is 22.7 Å². The molecule has 4 nitrogen and oxygen atoms in total. The second-order valence-electron chi connectivity index (χ2n) is 6.10. The van der Waals surface area contributed by atoms with Crippen LogP contribution in [0.1, 0.15) is 48.5 Å². The number of carboxylic acid groups (broad SMARTS) is 1. The first-order valence-corrected chi connectivity index (χ1v) is 8.13. The van der Waals surface area contributed by atoms with Gasteiger partial charge in [0.2, 0.25) is 0 Å². The van der Waals surface area contributed by atoms with Gasteiger partial charge in [-0.3, -0.25) is 0 Å². The maximum atomic E-state index is 10.9. The number of halogens is 1. The maximum Gasteiger partial charge on any atom is 0.335 e. The summed E-state index contributed by atoms with van der Waals surface area (Å²) in [5, 5.41) is 22.2. The molecule has 2 rings (SSSR count). The quantitative estimate of drug-likeness (QED) is 0.758. The molecule has 21 heavy (non-hydrogen) atoms. The Bertz CT molecular complexity index is 520. The molecule has 1 aliphatic carbocycles. The van der Waals surface area contributed by atoms with Crippen molar-refractivity contribution in [2.45, 2.75) is 44.7 Å². The second-order valence-corrected chi connectivity index (χ2v) is 6.96. The Morgan fingerprint density at radius 3 is 2.86 bits per heavy atom. The molecule has 0 aromatic heterocycles. The molecule has 1 fully saturated rings. The van der Waals surface area contributed by atoms with Gasteiger partial charge in [-0.2, -0.15) is 0 Å². The van der Waals surface area contributed by atoms with Crippen LogP contribution >= 0.6 is 15.9 Å². The number of rotatable bonds is 5. The molecule has 0 aliphatic heterocycles. The van der Waals surface area contributed by atoms with Crippen LogP contribution < -0.4 is 5.32 Å². The summed E-state index contributed by atoms with van der Waals surface area (Å²) in [4.78, 5) is 10.9. The minimum Gasteiger partial charge on any atom is -0.478 e. The van der Waals surface area contributed by atoms with E-state index in [1.54, 1.807) is 12.1 Å². The third-order valence-corrected chi connectivity index (χ3v) is 5.09. The fourth-order valence-corrected chi connectivity index (χ4v) is 3.65. The van der Waals surface area contributed by atoms with Crippen LogP contribution in [0.2, 0.25) is 0 Å². The monoisotopic (exact) mass is 355 g/mol. The molecule has 2 unspecified atom stereocenters. The standard InChI is InChI=1S/C16H22BrNO3/c1-11-3-2-6-16(8-11,10-19)18-9-13-5-4-12(15(20)21)7-14(13)17/h4-5,7,11,18-19H,2-3,6,8-10H2,1H3,(H,20,21). The summed E-state index contributed by atoms with van der Waals surface area (Å²) < 4.78 is 0.784. The van der Waals surface area contributed by atoms with Crippen molar-refractivity contribution < 1.29 is 15.0 Å². The van der Waals surface area contributed by atoms with E-state index in [-0.39, 0.29) is 17.7 Å². The van der Waals surface area contributed by atoms with Crippen molar-refractivity contribution in [2.75, 3.05) is 6.61 Å². The van der Waals surface area contributed by atoms with Gasteiger partial charge in [0.25, 0.3) is 0 Å². The molecule has 0 saturated heterocycles. The highest BCUT2D eigenvalue weighted by Crippen LogP contribution is 2.32. The molecule has 0 spiro atoms. The van der Waals surface area contributed by atoms with Gasteiger partial charge in [-0.15, -0.1) is 0 Å². The Morgan fingerprint density at radius 1 is 1.52 bits per heavy atom. The summed E-state index contributed by atoms with van der Waals surface area (Å²) in [7, 11) is 0. The van der Waals surface area contributed by atoms with Crippen LogP contribution in [0.4, 0.5) is 0 Å². The summed E-state index contributed by atoms with van der Waals surface area (Å²) in [5.41, 5.74) is 1.07. The van der Waals surface area contributed by atoms with Crippen LogP contribution in [-0.2, 0) is 6.54 Å². The first kappa shape index (κ1) is 16.5. The van der Waals surface area contributed by atoms with Crippen LogP contribution in [0, 0.1) is 5.92 Å². The van der Waals surface area contributed by atoms with Crippen LogP contribution in [-0.4, -0.2) is 28.3 Å². The Labute approximate surface area is 133 Å². The lowest BCUT2D eigenvalue weighted by Gasteiger charge is -2.39. The summed E-state index contributed by atoms with van der Waals surface area (Å²) in [6.45, 7) is 2.98. The maximum absolute atomic E-state index is 10.9. The topological polar surface area (TPSA) is 69.6 Å². The normalized spacial score (nSPS) is 25.8. The molecule has 0 bridgehead atoms. The SMILES string of the molecule is CC1CCCC(CO)(NCc2ccc(C(=O)O)cc2Br)C1. The molecule has 1 saturated carbocycles. The lowest BCUT2D eigenvalue weighted by molar-refractivity contribution is 0.0696. The number of hydrogen-bond donors (Lipinski definition) is 3. The van der Waals surface area contributed by atoms with E-state index in [9.17, 15) is 9.90 Å². The van der Waals surface area contributed by atoms with E-state index in [0.717, 1.165) is 29.3 Å². The zero-order valence-corrected chi connectivity index (χ0v) is 13.8. The van der Waals surface area contributed by atoms with Gasteiger partial charge in [0.05, 0.1) is 12.2 Å². The van der Waals surface area contributed by atoms with E-state index < -0.39 is 5.97 Å². The van der Waals surface area contributed by atoms with Gasteiger partial charge in [-0.25, -0.2) is 4.79 Å². The number of hydrogen-bond acceptors (Lipinski definition) is 3. The molecule has 1 aliphatic rings. The molecular weight excluding hydrogens is 334 g/mol. The van der Waals surface area contributed by atoms with Gasteiger partial charge >= 0.3 is 5.97 Å². The number of benzene rings is 1. The minimum atomic E-state index is -0.928. The fraction of sp³-hybridized carbons (Fsp3) is 0.562. The molecule has 0 heterocycles. The largest absolute Gasteiger partial charge is 0.478 e. The minimum absolute atomic E-state index is 0.141. The summed E-state index contributed by atoms with van der Waals surface area (Å²) in [5.74, 6) is -0.306. The van der Waals surface area contributed by atoms with Gasteiger partial charge in [0, 0.05) is 16.6 Å². The number of carbonyl (C=O) groups is 1. The highest BCUT2D eigenvalue weighted by atomic mass is 79.9. The van der Waals surface area contributed by atoms with Crippen molar-refractivity contribution in [2.24, 2.45) is 5.92 Å². The number of nitrogens with one attached hydrogen (secondary N) is 1. The zero-order chi connectivity index (χ0) is 15.5. The Balaban J connectivity index is 2.06. The van der Waals surface area contributed by atoms with Crippen molar-refractivity contribution >= 4 is 21.9 Å². The van der Waals surface area contributed by atoms with E-state index in [1.165, 1.54) is 6.42 Å². The van der Waals surface area contributed by atoms with Gasteiger partial charge in [-0.05, 0) is 36.5 Å². The first-order valence-electron chi connectivity index (χ1n) is 7.33. The van der Waals surface area contributed by atoms with Crippen molar-refractivity contribution in [1.82, 2.24) is 5.32 Å². The highest BCUT2D eigenvalue weighted by molar-refractivity contribution is 9.10. The molecule has 2 atom stereocenters. The number of aromatic carboxylic acids is 1. The number of aliphatic hydroxyl groups is 1. The predicted octanol–water partition coefficient (Wildman–Crippen LogP) is 3.18. The molecular formula is C16H22BrNO3. The van der Waals surface area contributed by atoms with Gasteiger partial charge in [0.1, 0.15) is 0 Å². The average molecular weight is 356 g/mol. The van der Waals surface area contributed by atoms with Gasteiger partial charge < -0.3 is 15.5 Å². The third-order valence-electron chi connectivity index (χ3n) is 4.35. The summed E-state index contributed by atoms with van der Waals surface area (Å²) in [6, 6.07) is 5.05. The highest BCUT2D eigenvalue weighted by Gasteiger charge is 2.33. The van der Waals surface area contributed by atoms with Gasteiger partial charge in [0.15, 0.2) is 0 Å².